The summed E-state index contributed by atoms with van der Waals surface area (Å²) in [5, 5.41) is 1.83. The molecule has 0 radical (unpaired) electrons. The molecule has 6 heteroatoms. The smallest absolute Gasteiger partial charge is 0.240 e. The first kappa shape index (κ1) is 19.7. The summed E-state index contributed by atoms with van der Waals surface area (Å²) in [5.74, 6) is 0.444. The van der Waals surface area contributed by atoms with Crippen molar-refractivity contribution in [3.63, 3.8) is 0 Å². The van der Waals surface area contributed by atoms with Gasteiger partial charge in [-0.1, -0.05) is 71.2 Å². The monoisotopic (exact) mass is 440 g/mol. The van der Waals surface area contributed by atoms with Crippen LogP contribution in [0.15, 0.2) is 66.7 Å². The molecule has 0 saturated carbocycles. The molecule has 0 unspecified atom stereocenters. The summed E-state index contributed by atoms with van der Waals surface area (Å²) in [6, 6.07) is 20.5. The molecule has 1 heterocycles. The van der Waals surface area contributed by atoms with E-state index in [1.54, 1.807) is 12.1 Å². The standard InChI is InChI=1S/C23H15Cl3N2O/c24-17-9-5-15(6-10-17)14-29-23-22(27-20-3-1-2-4-21(20)28-23)12-8-16-7-11-18(25)13-19(16)26/h1-13H,14H2/b12-8+. The van der Waals surface area contributed by atoms with E-state index >= 15 is 0 Å². The summed E-state index contributed by atoms with van der Waals surface area (Å²) in [5.41, 5.74) is 3.98. The molecular formula is C23H15Cl3N2O. The van der Waals surface area contributed by atoms with Gasteiger partial charge in [-0.25, -0.2) is 9.97 Å². The molecule has 0 fully saturated rings. The Morgan fingerprint density at radius 2 is 1.45 bits per heavy atom. The minimum atomic E-state index is 0.354. The summed E-state index contributed by atoms with van der Waals surface area (Å²) in [6.45, 7) is 0.354. The molecule has 4 rings (SSSR count). The summed E-state index contributed by atoms with van der Waals surface area (Å²) < 4.78 is 5.99. The van der Waals surface area contributed by atoms with Crippen molar-refractivity contribution in [2.75, 3.05) is 0 Å². The van der Waals surface area contributed by atoms with E-state index in [9.17, 15) is 0 Å². The largest absolute Gasteiger partial charge is 0.471 e. The van der Waals surface area contributed by atoms with Gasteiger partial charge in [0, 0.05) is 15.1 Å². The van der Waals surface area contributed by atoms with Gasteiger partial charge in [0.15, 0.2) is 0 Å². The second kappa shape index (κ2) is 8.83. The Labute approximate surface area is 183 Å². The molecule has 144 valence electrons. The Morgan fingerprint density at radius 3 is 2.17 bits per heavy atom. The number of rotatable bonds is 5. The number of hydrogen-bond donors (Lipinski definition) is 0. The van der Waals surface area contributed by atoms with Crippen LogP contribution in [0.4, 0.5) is 0 Å². The molecule has 0 aliphatic heterocycles. The van der Waals surface area contributed by atoms with E-state index in [0.717, 1.165) is 22.2 Å². The number of ether oxygens (including phenoxy) is 1. The van der Waals surface area contributed by atoms with Crippen LogP contribution in [0.5, 0.6) is 5.88 Å². The first-order valence-electron chi connectivity index (χ1n) is 8.86. The quantitative estimate of drug-likeness (QED) is 0.325. The average molecular weight is 442 g/mol. The summed E-state index contributed by atoms with van der Waals surface area (Å²) in [4.78, 5) is 9.34. The third-order valence-electron chi connectivity index (χ3n) is 4.24. The molecule has 0 saturated heterocycles. The zero-order valence-electron chi connectivity index (χ0n) is 15.1. The first-order chi connectivity index (χ1) is 14.1. The maximum Gasteiger partial charge on any atom is 0.240 e. The number of fused-ring (bicyclic) bond motifs is 1. The van der Waals surface area contributed by atoms with Crippen molar-refractivity contribution < 1.29 is 4.74 Å². The van der Waals surface area contributed by atoms with Gasteiger partial charge in [0.05, 0.1) is 11.0 Å². The van der Waals surface area contributed by atoms with Crippen molar-refractivity contribution in [1.29, 1.82) is 0 Å². The Hall–Kier alpha value is -2.59. The Kier molecular flexibility index (Phi) is 6.00. The van der Waals surface area contributed by atoms with E-state index in [-0.39, 0.29) is 0 Å². The molecule has 4 aromatic rings. The van der Waals surface area contributed by atoms with Crippen molar-refractivity contribution in [3.8, 4) is 5.88 Å². The normalized spacial score (nSPS) is 11.3. The van der Waals surface area contributed by atoms with Gasteiger partial charge in [-0.05, 0) is 53.6 Å². The van der Waals surface area contributed by atoms with Crippen LogP contribution in [0.1, 0.15) is 16.8 Å². The lowest BCUT2D eigenvalue weighted by atomic mass is 10.2. The van der Waals surface area contributed by atoms with Crippen LogP contribution in [-0.4, -0.2) is 9.97 Å². The minimum absolute atomic E-state index is 0.354. The predicted molar refractivity (Wildman–Crippen MR) is 121 cm³/mol. The van der Waals surface area contributed by atoms with Crippen LogP contribution in [0.3, 0.4) is 0 Å². The average Bonchev–Trinajstić information content (AvgIpc) is 2.72. The highest BCUT2D eigenvalue weighted by Gasteiger charge is 2.09. The van der Waals surface area contributed by atoms with Crippen LogP contribution in [0, 0.1) is 0 Å². The van der Waals surface area contributed by atoms with Crippen LogP contribution < -0.4 is 4.74 Å². The zero-order valence-corrected chi connectivity index (χ0v) is 17.4. The Bertz CT molecular complexity index is 1190. The molecule has 0 aliphatic carbocycles. The van der Waals surface area contributed by atoms with E-state index in [0.29, 0.717) is 33.2 Å². The fraction of sp³-hybridized carbons (Fsp3) is 0.0435. The third kappa shape index (κ3) is 4.88. The lowest BCUT2D eigenvalue weighted by molar-refractivity contribution is 0.293. The number of aromatic nitrogens is 2. The molecule has 0 N–H and O–H groups in total. The van der Waals surface area contributed by atoms with Gasteiger partial charge in [0.1, 0.15) is 12.3 Å². The number of hydrogen-bond acceptors (Lipinski definition) is 3. The highest BCUT2D eigenvalue weighted by Crippen LogP contribution is 2.26. The van der Waals surface area contributed by atoms with Gasteiger partial charge in [-0.15, -0.1) is 0 Å². The van der Waals surface area contributed by atoms with Crippen molar-refractivity contribution in [2.24, 2.45) is 0 Å². The summed E-state index contributed by atoms with van der Waals surface area (Å²) >= 11 is 18.2. The third-order valence-corrected chi connectivity index (χ3v) is 5.05. The van der Waals surface area contributed by atoms with Crippen LogP contribution in [0.25, 0.3) is 23.2 Å². The highest BCUT2D eigenvalue weighted by molar-refractivity contribution is 6.35. The minimum Gasteiger partial charge on any atom is -0.471 e. The van der Waals surface area contributed by atoms with Gasteiger partial charge in [-0.3, -0.25) is 0 Å². The second-order valence-corrected chi connectivity index (χ2v) is 7.60. The Morgan fingerprint density at radius 1 is 0.759 bits per heavy atom. The molecule has 0 spiro atoms. The maximum absolute atomic E-state index is 6.27. The van der Waals surface area contributed by atoms with E-state index in [1.165, 1.54) is 0 Å². The molecule has 0 aliphatic rings. The highest BCUT2D eigenvalue weighted by atomic mass is 35.5. The van der Waals surface area contributed by atoms with Crippen molar-refractivity contribution in [2.45, 2.75) is 6.61 Å². The molecule has 1 aromatic heterocycles. The fourth-order valence-electron chi connectivity index (χ4n) is 2.75. The molecule has 0 amide bonds. The van der Waals surface area contributed by atoms with E-state index < -0.39 is 0 Å². The van der Waals surface area contributed by atoms with Gasteiger partial charge < -0.3 is 4.74 Å². The topological polar surface area (TPSA) is 35.0 Å². The van der Waals surface area contributed by atoms with E-state index in [2.05, 4.69) is 4.98 Å². The second-order valence-electron chi connectivity index (χ2n) is 6.32. The van der Waals surface area contributed by atoms with Crippen molar-refractivity contribution in [3.05, 3.63) is 98.6 Å². The Balaban J connectivity index is 1.67. The summed E-state index contributed by atoms with van der Waals surface area (Å²) in [6.07, 6.45) is 3.71. The van der Waals surface area contributed by atoms with Gasteiger partial charge >= 0.3 is 0 Å². The van der Waals surface area contributed by atoms with Gasteiger partial charge in [0.25, 0.3) is 0 Å². The molecular weight excluding hydrogens is 427 g/mol. The van der Waals surface area contributed by atoms with E-state index in [1.807, 2.05) is 66.7 Å². The van der Waals surface area contributed by atoms with Crippen molar-refractivity contribution >= 4 is 58.0 Å². The predicted octanol–water partition coefficient (Wildman–Crippen LogP) is 7.34. The lowest BCUT2D eigenvalue weighted by Gasteiger charge is -2.09. The van der Waals surface area contributed by atoms with Crippen LogP contribution >= 0.6 is 34.8 Å². The number of benzene rings is 3. The zero-order chi connectivity index (χ0) is 20.2. The van der Waals surface area contributed by atoms with Crippen LogP contribution in [-0.2, 0) is 6.61 Å². The maximum atomic E-state index is 6.27. The van der Waals surface area contributed by atoms with Crippen molar-refractivity contribution in [1.82, 2.24) is 9.97 Å². The SMILES string of the molecule is Clc1ccc(COc2nc3ccccc3nc2/C=C/c2ccc(Cl)cc2Cl)cc1. The molecule has 0 atom stereocenters. The number of halogens is 3. The van der Waals surface area contributed by atoms with E-state index in [4.69, 9.17) is 44.5 Å². The molecule has 0 bridgehead atoms. The summed E-state index contributed by atoms with van der Waals surface area (Å²) in [7, 11) is 0. The lowest BCUT2D eigenvalue weighted by Crippen LogP contribution is -2.01. The number of para-hydroxylation sites is 2. The van der Waals surface area contributed by atoms with Gasteiger partial charge in [0.2, 0.25) is 5.88 Å². The van der Waals surface area contributed by atoms with Gasteiger partial charge in [-0.2, -0.15) is 0 Å². The number of nitrogens with zero attached hydrogens (tertiary/aromatic N) is 2. The molecule has 3 nitrogen and oxygen atoms in total. The first-order valence-corrected chi connectivity index (χ1v) is 9.99. The molecule has 29 heavy (non-hydrogen) atoms. The van der Waals surface area contributed by atoms with Crippen LogP contribution in [0.2, 0.25) is 15.1 Å². The fourth-order valence-corrected chi connectivity index (χ4v) is 3.35. The molecule has 3 aromatic carbocycles.